The van der Waals surface area contributed by atoms with E-state index in [-0.39, 0.29) is 11.8 Å². The van der Waals surface area contributed by atoms with Crippen LogP contribution in [-0.2, 0) is 11.3 Å². The Labute approximate surface area is 154 Å². The zero-order valence-corrected chi connectivity index (χ0v) is 15.4. The van der Waals surface area contributed by atoms with E-state index in [4.69, 9.17) is 9.47 Å². The van der Waals surface area contributed by atoms with Crippen LogP contribution in [-0.4, -0.2) is 38.1 Å². The molecule has 1 N–H and O–H groups in total. The van der Waals surface area contributed by atoms with E-state index in [1.165, 1.54) is 5.56 Å². The van der Waals surface area contributed by atoms with E-state index in [0.29, 0.717) is 17.2 Å². The van der Waals surface area contributed by atoms with Crippen molar-refractivity contribution in [3.05, 3.63) is 54.1 Å². The number of carbonyl (C=O) groups excluding carboxylic acids is 1. The highest BCUT2D eigenvalue weighted by molar-refractivity contribution is 5.94. The van der Waals surface area contributed by atoms with Crippen LogP contribution < -0.4 is 14.8 Å². The third kappa shape index (κ3) is 4.55. The number of piperidine rings is 1. The van der Waals surface area contributed by atoms with Crippen molar-refractivity contribution in [3.63, 3.8) is 0 Å². The standard InChI is InChI=1S/C21H26N2O3/c1-25-18-10-11-19(20(13-18)26-2)22-21(24)17-9-6-12-23(15-17)14-16-7-4-3-5-8-16/h3-5,7-8,10-11,13,17H,6,9,12,14-15H2,1-2H3,(H,22,24)/t17-/m0/s1. The fraction of sp³-hybridized carbons (Fsp3) is 0.381. The molecule has 0 spiro atoms. The molecule has 2 aromatic rings. The summed E-state index contributed by atoms with van der Waals surface area (Å²) in [6.45, 7) is 2.69. The molecule has 5 heteroatoms. The van der Waals surface area contributed by atoms with E-state index >= 15 is 0 Å². The van der Waals surface area contributed by atoms with Gasteiger partial charge < -0.3 is 14.8 Å². The number of benzene rings is 2. The highest BCUT2D eigenvalue weighted by Crippen LogP contribution is 2.30. The first kappa shape index (κ1) is 18.3. The Morgan fingerprint density at radius 1 is 1.15 bits per heavy atom. The third-order valence-corrected chi connectivity index (χ3v) is 4.79. The van der Waals surface area contributed by atoms with Gasteiger partial charge in [-0.25, -0.2) is 0 Å². The molecule has 0 aromatic heterocycles. The van der Waals surface area contributed by atoms with Gasteiger partial charge in [-0.15, -0.1) is 0 Å². The Kier molecular flexibility index (Phi) is 6.12. The first-order chi connectivity index (χ1) is 12.7. The smallest absolute Gasteiger partial charge is 0.228 e. The second kappa shape index (κ2) is 8.72. The van der Waals surface area contributed by atoms with Gasteiger partial charge in [-0.3, -0.25) is 9.69 Å². The SMILES string of the molecule is COc1ccc(NC(=O)[C@H]2CCCN(Cc3ccccc3)C2)c(OC)c1. The number of rotatable bonds is 6. The Morgan fingerprint density at radius 3 is 2.69 bits per heavy atom. The third-order valence-electron chi connectivity index (χ3n) is 4.79. The number of carbonyl (C=O) groups is 1. The molecule has 1 aliphatic heterocycles. The molecule has 1 aliphatic rings. The summed E-state index contributed by atoms with van der Waals surface area (Å²) in [4.78, 5) is 15.1. The molecule has 138 valence electrons. The van der Waals surface area contributed by atoms with Crippen LogP contribution in [0.1, 0.15) is 18.4 Å². The van der Waals surface area contributed by atoms with E-state index in [9.17, 15) is 4.79 Å². The lowest BCUT2D eigenvalue weighted by Gasteiger charge is -2.32. The predicted molar refractivity (Wildman–Crippen MR) is 103 cm³/mol. The van der Waals surface area contributed by atoms with E-state index in [1.54, 1.807) is 20.3 Å². The molecule has 5 nitrogen and oxygen atoms in total. The summed E-state index contributed by atoms with van der Waals surface area (Å²) in [5.41, 5.74) is 1.96. The minimum Gasteiger partial charge on any atom is -0.497 e. The lowest BCUT2D eigenvalue weighted by molar-refractivity contribution is -0.121. The predicted octanol–water partition coefficient (Wildman–Crippen LogP) is 3.55. The van der Waals surface area contributed by atoms with Gasteiger partial charge in [-0.05, 0) is 37.1 Å². The second-order valence-electron chi connectivity index (χ2n) is 6.62. The van der Waals surface area contributed by atoms with Crippen molar-refractivity contribution in [1.82, 2.24) is 4.90 Å². The topological polar surface area (TPSA) is 50.8 Å². The Bertz CT molecular complexity index is 733. The summed E-state index contributed by atoms with van der Waals surface area (Å²) in [5, 5.41) is 3.02. The summed E-state index contributed by atoms with van der Waals surface area (Å²) in [6, 6.07) is 15.8. The van der Waals surface area contributed by atoms with Gasteiger partial charge in [0.15, 0.2) is 0 Å². The highest BCUT2D eigenvalue weighted by atomic mass is 16.5. The quantitative estimate of drug-likeness (QED) is 0.862. The monoisotopic (exact) mass is 354 g/mol. The number of ether oxygens (including phenoxy) is 2. The molecule has 0 unspecified atom stereocenters. The number of nitrogens with one attached hydrogen (secondary N) is 1. The minimum absolute atomic E-state index is 0.0146. The Hall–Kier alpha value is -2.53. The molecule has 1 amide bonds. The average molecular weight is 354 g/mol. The lowest BCUT2D eigenvalue weighted by Crippen LogP contribution is -2.40. The molecular weight excluding hydrogens is 328 g/mol. The van der Waals surface area contributed by atoms with Crippen molar-refractivity contribution in [2.24, 2.45) is 5.92 Å². The van der Waals surface area contributed by atoms with E-state index in [1.807, 2.05) is 18.2 Å². The second-order valence-corrected chi connectivity index (χ2v) is 6.62. The van der Waals surface area contributed by atoms with Gasteiger partial charge in [0.05, 0.1) is 25.8 Å². The molecule has 0 saturated carbocycles. The molecular formula is C21H26N2O3. The van der Waals surface area contributed by atoms with Gasteiger partial charge in [0.2, 0.25) is 5.91 Å². The van der Waals surface area contributed by atoms with Gasteiger partial charge in [-0.2, -0.15) is 0 Å². The first-order valence-corrected chi connectivity index (χ1v) is 8.98. The number of likely N-dealkylation sites (tertiary alicyclic amines) is 1. The maximum atomic E-state index is 12.8. The van der Waals surface area contributed by atoms with Crippen LogP contribution in [0.25, 0.3) is 0 Å². The zero-order valence-electron chi connectivity index (χ0n) is 15.4. The maximum absolute atomic E-state index is 12.8. The van der Waals surface area contributed by atoms with Crippen molar-refractivity contribution < 1.29 is 14.3 Å². The number of amides is 1. The highest BCUT2D eigenvalue weighted by Gasteiger charge is 2.26. The van der Waals surface area contributed by atoms with Crippen LogP contribution in [0.2, 0.25) is 0 Å². The van der Waals surface area contributed by atoms with Crippen LogP contribution in [0.4, 0.5) is 5.69 Å². The number of methoxy groups -OCH3 is 2. The van der Waals surface area contributed by atoms with Crippen molar-refractivity contribution >= 4 is 11.6 Å². The minimum atomic E-state index is -0.0146. The molecule has 0 radical (unpaired) electrons. The van der Waals surface area contributed by atoms with Crippen molar-refractivity contribution in [1.29, 1.82) is 0 Å². The summed E-state index contributed by atoms with van der Waals surface area (Å²) < 4.78 is 10.6. The van der Waals surface area contributed by atoms with Crippen LogP contribution in [0, 0.1) is 5.92 Å². The molecule has 3 rings (SSSR count). The molecule has 1 saturated heterocycles. The van der Waals surface area contributed by atoms with Gasteiger partial charge in [0.1, 0.15) is 11.5 Å². The normalized spacial score (nSPS) is 17.5. The molecule has 0 bridgehead atoms. The van der Waals surface area contributed by atoms with Crippen LogP contribution in [0.3, 0.4) is 0 Å². The van der Waals surface area contributed by atoms with Crippen LogP contribution in [0.5, 0.6) is 11.5 Å². The van der Waals surface area contributed by atoms with Crippen LogP contribution in [0.15, 0.2) is 48.5 Å². The number of hydrogen-bond donors (Lipinski definition) is 1. The Morgan fingerprint density at radius 2 is 1.96 bits per heavy atom. The van der Waals surface area contributed by atoms with Crippen molar-refractivity contribution in [3.8, 4) is 11.5 Å². The van der Waals surface area contributed by atoms with E-state index < -0.39 is 0 Å². The molecule has 2 aromatic carbocycles. The van der Waals surface area contributed by atoms with Gasteiger partial charge in [0.25, 0.3) is 0 Å². The fourth-order valence-electron chi connectivity index (χ4n) is 3.39. The van der Waals surface area contributed by atoms with E-state index in [2.05, 4.69) is 34.5 Å². The molecule has 0 aliphatic carbocycles. The molecule has 1 atom stereocenters. The molecule has 26 heavy (non-hydrogen) atoms. The molecule has 1 heterocycles. The first-order valence-electron chi connectivity index (χ1n) is 8.98. The summed E-state index contributed by atoms with van der Waals surface area (Å²) in [6.07, 6.45) is 1.94. The number of nitrogens with zero attached hydrogens (tertiary/aromatic N) is 1. The number of anilines is 1. The summed E-state index contributed by atoms with van der Waals surface area (Å²) in [5.74, 6) is 1.34. The van der Waals surface area contributed by atoms with Crippen molar-refractivity contribution in [2.45, 2.75) is 19.4 Å². The zero-order chi connectivity index (χ0) is 18.4. The average Bonchev–Trinajstić information content (AvgIpc) is 2.69. The van der Waals surface area contributed by atoms with Gasteiger partial charge in [0, 0.05) is 19.2 Å². The summed E-state index contributed by atoms with van der Waals surface area (Å²) in [7, 11) is 3.20. The number of hydrogen-bond acceptors (Lipinski definition) is 4. The van der Waals surface area contributed by atoms with Crippen LogP contribution >= 0.6 is 0 Å². The summed E-state index contributed by atoms with van der Waals surface area (Å²) >= 11 is 0. The maximum Gasteiger partial charge on any atom is 0.228 e. The lowest BCUT2D eigenvalue weighted by atomic mass is 9.96. The van der Waals surface area contributed by atoms with Gasteiger partial charge >= 0.3 is 0 Å². The van der Waals surface area contributed by atoms with Gasteiger partial charge in [-0.1, -0.05) is 30.3 Å². The van der Waals surface area contributed by atoms with E-state index in [0.717, 1.165) is 32.5 Å². The molecule has 1 fully saturated rings. The Balaban J connectivity index is 1.62. The fourth-order valence-corrected chi connectivity index (χ4v) is 3.39. The largest absolute Gasteiger partial charge is 0.497 e. The van der Waals surface area contributed by atoms with Crippen molar-refractivity contribution in [2.75, 3.05) is 32.6 Å².